The van der Waals surface area contributed by atoms with Crippen LogP contribution < -0.4 is 9.47 Å². The van der Waals surface area contributed by atoms with Crippen molar-refractivity contribution in [1.82, 2.24) is 0 Å². The Morgan fingerprint density at radius 1 is 1.50 bits per heavy atom. The minimum absolute atomic E-state index is 0.575. The Morgan fingerprint density at radius 3 is 2.85 bits per heavy atom. The molecule has 0 spiro atoms. The van der Waals surface area contributed by atoms with E-state index in [1.807, 2.05) is 0 Å². The maximum Gasteiger partial charge on any atom is 0.328 e. The first-order chi connectivity index (χ1) is 9.58. The van der Waals surface area contributed by atoms with Crippen LogP contribution in [-0.2, 0) is 4.79 Å². The first-order valence-corrected chi connectivity index (χ1v) is 8.02. The van der Waals surface area contributed by atoms with Crippen molar-refractivity contribution in [2.45, 2.75) is 6.92 Å². The molecule has 1 aromatic carbocycles. The molecule has 0 bridgehead atoms. The molecule has 0 saturated carbocycles. The lowest BCUT2D eigenvalue weighted by Gasteiger charge is -2.13. The molecule has 6 heteroatoms. The summed E-state index contributed by atoms with van der Waals surface area (Å²) in [6, 6.07) is 3.54. The molecule has 0 aromatic heterocycles. The highest BCUT2D eigenvalue weighted by atomic mass is 79.9. The average molecular weight is 361 g/mol. The van der Waals surface area contributed by atoms with E-state index in [-0.39, 0.29) is 0 Å². The van der Waals surface area contributed by atoms with Gasteiger partial charge in [0.1, 0.15) is 0 Å². The molecule has 0 aliphatic rings. The van der Waals surface area contributed by atoms with Gasteiger partial charge in [-0.25, -0.2) is 4.79 Å². The third-order valence-electron chi connectivity index (χ3n) is 2.35. The molecule has 110 valence electrons. The summed E-state index contributed by atoms with van der Waals surface area (Å²) in [4.78, 5) is 10.5. The number of methoxy groups -OCH3 is 1. The van der Waals surface area contributed by atoms with Gasteiger partial charge in [-0.2, -0.15) is 11.8 Å². The van der Waals surface area contributed by atoms with Gasteiger partial charge in [0.15, 0.2) is 11.5 Å². The van der Waals surface area contributed by atoms with Crippen LogP contribution in [0.4, 0.5) is 0 Å². The van der Waals surface area contributed by atoms with Gasteiger partial charge in [-0.15, -0.1) is 0 Å². The van der Waals surface area contributed by atoms with Gasteiger partial charge in [0.2, 0.25) is 0 Å². The number of aliphatic carboxylic acids is 1. The fraction of sp³-hybridized carbons (Fsp3) is 0.357. The molecule has 0 amide bonds. The lowest BCUT2D eigenvalue weighted by molar-refractivity contribution is -0.131. The third kappa shape index (κ3) is 5.46. The Labute approximate surface area is 131 Å². The van der Waals surface area contributed by atoms with E-state index in [1.54, 1.807) is 31.0 Å². The van der Waals surface area contributed by atoms with Crippen LogP contribution in [-0.4, -0.2) is 36.3 Å². The second kappa shape index (κ2) is 8.92. The zero-order chi connectivity index (χ0) is 15.0. The first-order valence-electron chi connectivity index (χ1n) is 6.07. The quantitative estimate of drug-likeness (QED) is 0.565. The number of carboxylic acid groups (broad SMARTS) is 1. The fourth-order valence-electron chi connectivity index (χ4n) is 1.49. The van der Waals surface area contributed by atoms with Crippen LogP contribution in [0.25, 0.3) is 6.08 Å². The summed E-state index contributed by atoms with van der Waals surface area (Å²) in [5.41, 5.74) is 0.728. The maximum atomic E-state index is 10.5. The van der Waals surface area contributed by atoms with E-state index in [9.17, 15) is 4.79 Å². The van der Waals surface area contributed by atoms with Crippen molar-refractivity contribution >= 4 is 39.7 Å². The van der Waals surface area contributed by atoms with Gasteiger partial charge in [0.25, 0.3) is 0 Å². The van der Waals surface area contributed by atoms with Crippen LogP contribution in [0.2, 0.25) is 0 Å². The highest BCUT2D eigenvalue weighted by Gasteiger charge is 2.10. The number of thioether (sulfide) groups is 1. The minimum atomic E-state index is -0.989. The van der Waals surface area contributed by atoms with Gasteiger partial charge in [0.05, 0.1) is 18.2 Å². The van der Waals surface area contributed by atoms with Crippen molar-refractivity contribution in [3.05, 3.63) is 28.2 Å². The lowest BCUT2D eigenvalue weighted by atomic mass is 10.2. The first kappa shape index (κ1) is 16.9. The monoisotopic (exact) mass is 360 g/mol. The molecule has 0 unspecified atom stereocenters. The summed E-state index contributed by atoms with van der Waals surface area (Å²) in [5.74, 6) is 2.19. The lowest BCUT2D eigenvalue weighted by Crippen LogP contribution is -2.03. The van der Waals surface area contributed by atoms with E-state index in [4.69, 9.17) is 14.6 Å². The molecule has 0 aliphatic heterocycles. The van der Waals surface area contributed by atoms with Crippen molar-refractivity contribution in [3.8, 4) is 11.5 Å². The Kier molecular flexibility index (Phi) is 7.54. The van der Waals surface area contributed by atoms with E-state index >= 15 is 0 Å². The van der Waals surface area contributed by atoms with Gasteiger partial charge in [-0.3, -0.25) is 0 Å². The third-order valence-corrected chi connectivity index (χ3v) is 3.80. The van der Waals surface area contributed by atoms with Crippen molar-refractivity contribution in [1.29, 1.82) is 0 Å². The van der Waals surface area contributed by atoms with Crippen molar-refractivity contribution in [2.24, 2.45) is 0 Å². The molecule has 0 heterocycles. The molecule has 1 aromatic rings. The molecular weight excluding hydrogens is 344 g/mol. The van der Waals surface area contributed by atoms with Gasteiger partial charge in [-0.05, 0) is 45.5 Å². The summed E-state index contributed by atoms with van der Waals surface area (Å²) < 4.78 is 11.7. The zero-order valence-electron chi connectivity index (χ0n) is 11.4. The molecule has 0 radical (unpaired) electrons. The average Bonchev–Trinajstić information content (AvgIpc) is 2.42. The minimum Gasteiger partial charge on any atom is -0.493 e. The van der Waals surface area contributed by atoms with Crippen molar-refractivity contribution in [2.75, 3.05) is 25.2 Å². The smallest absolute Gasteiger partial charge is 0.328 e. The van der Waals surface area contributed by atoms with E-state index < -0.39 is 5.97 Å². The van der Waals surface area contributed by atoms with Crippen molar-refractivity contribution < 1.29 is 19.4 Å². The largest absolute Gasteiger partial charge is 0.493 e. The summed E-state index contributed by atoms with van der Waals surface area (Å²) in [6.45, 7) is 2.70. The summed E-state index contributed by atoms with van der Waals surface area (Å²) >= 11 is 5.23. The van der Waals surface area contributed by atoms with Crippen LogP contribution in [0, 0.1) is 0 Å². The molecule has 0 saturated heterocycles. The summed E-state index contributed by atoms with van der Waals surface area (Å²) in [5, 5.41) is 8.64. The number of hydrogen-bond donors (Lipinski definition) is 1. The standard InChI is InChI=1S/C14H17BrO4S/c1-3-20-7-6-19-14-11(15)8-10(4-5-13(16)17)9-12(14)18-2/h4-5,8-9H,3,6-7H2,1-2H3,(H,16,17)/b5-4+. The highest BCUT2D eigenvalue weighted by molar-refractivity contribution is 9.10. The molecule has 1 N–H and O–H groups in total. The second-order valence-electron chi connectivity index (χ2n) is 3.75. The number of carboxylic acids is 1. The summed E-state index contributed by atoms with van der Waals surface area (Å²) in [7, 11) is 1.56. The van der Waals surface area contributed by atoms with Crippen LogP contribution in [0.5, 0.6) is 11.5 Å². The van der Waals surface area contributed by atoms with Crippen LogP contribution in [0.3, 0.4) is 0 Å². The molecule has 1 rings (SSSR count). The number of halogens is 1. The normalized spacial score (nSPS) is 10.8. The van der Waals surface area contributed by atoms with Gasteiger partial charge in [-0.1, -0.05) is 6.92 Å². The fourth-order valence-corrected chi connectivity index (χ4v) is 2.55. The Bertz CT molecular complexity index is 488. The van der Waals surface area contributed by atoms with Gasteiger partial charge in [0, 0.05) is 11.8 Å². The number of carbonyl (C=O) groups is 1. The van der Waals surface area contributed by atoms with E-state index in [2.05, 4.69) is 22.9 Å². The maximum absolute atomic E-state index is 10.5. The molecule has 0 aliphatic carbocycles. The zero-order valence-corrected chi connectivity index (χ0v) is 13.8. The SMILES string of the molecule is CCSCCOc1c(Br)cc(/C=C/C(=O)O)cc1OC. The Hall–Kier alpha value is -1.14. The highest BCUT2D eigenvalue weighted by Crippen LogP contribution is 2.37. The Morgan fingerprint density at radius 2 is 2.25 bits per heavy atom. The Balaban J connectivity index is 2.87. The van der Waals surface area contributed by atoms with Crippen LogP contribution in [0.1, 0.15) is 12.5 Å². The predicted octanol–water partition coefficient (Wildman–Crippen LogP) is 3.69. The van der Waals surface area contributed by atoms with E-state index in [1.165, 1.54) is 6.08 Å². The van der Waals surface area contributed by atoms with Crippen LogP contribution >= 0.6 is 27.7 Å². The molecule has 0 fully saturated rings. The summed E-state index contributed by atoms with van der Waals surface area (Å²) in [6.07, 6.45) is 2.59. The molecule has 4 nitrogen and oxygen atoms in total. The number of rotatable bonds is 8. The van der Waals surface area contributed by atoms with E-state index in [0.717, 1.165) is 27.6 Å². The van der Waals surface area contributed by atoms with E-state index in [0.29, 0.717) is 18.1 Å². The molecule has 0 atom stereocenters. The number of benzene rings is 1. The topological polar surface area (TPSA) is 55.8 Å². The molecule has 20 heavy (non-hydrogen) atoms. The van der Waals surface area contributed by atoms with Crippen molar-refractivity contribution in [3.63, 3.8) is 0 Å². The number of hydrogen-bond acceptors (Lipinski definition) is 4. The van der Waals surface area contributed by atoms with Gasteiger partial charge >= 0.3 is 5.97 Å². The second-order valence-corrected chi connectivity index (χ2v) is 6.00. The van der Waals surface area contributed by atoms with Crippen LogP contribution in [0.15, 0.2) is 22.7 Å². The molecular formula is C14H17BrO4S. The predicted molar refractivity (Wildman–Crippen MR) is 85.9 cm³/mol. The van der Waals surface area contributed by atoms with Gasteiger partial charge < -0.3 is 14.6 Å². The number of ether oxygens (including phenoxy) is 2.